The number of carbonyl (C=O) groups is 1. The Kier molecular flexibility index (Phi) is 3.86. The normalized spacial score (nSPS) is 26.1. The maximum atomic E-state index is 13.0. The Bertz CT molecular complexity index is 870. The van der Waals surface area contributed by atoms with Crippen molar-refractivity contribution in [2.75, 3.05) is 5.32 Å². The number of nitrogens with one attached hydrogen (secondary N) is 1. The average Bonchev–Trinajstić information content (AvgIpc) is 3.25. The number of pyridine rings is 1. The summed E-state index contributed by atoms with van der Waals surface area (Å²) in [5, 5.41) is 4.53. The number of aromatic nitrogens is 1. The number of alkyl halides is 1. The first-order valence-electron chi connectivity index (χ1n) is 8.87. The Morgan fingerprint density at radius 2 is 1.85 bits per heavy atom. The van der Waals surface area contributed by atoms with Gasteiger partial charge in [0.25, 0.3) is 0 Å². The molecule has 0 spiro atoms. The molecule has 0 radical (unpaired) electrons. The minimum atomic E-state index is -1.02. The minimum absolute atomic E-state index is 0.302. The van der Waals surface area contributed by atoms with Crippen molar-refractivity contribution >= 4 is 35.1 Å². The van der Waals surface area contributed by atoms with E-state index in [4.69, 9.17) is 9.31 Å². The second-order valence-corrected chi connectivity index (χ2v) is 8.11. The molecular weight excluding hydrogens is 334 g/mol. The van der Waals surface area contributed by atoms with Crippen LogP contribution in [0.5, 0.6) is 0 Å². The monoisotopic (exact) mass is 356 g/mol. The molecule has 136 valence electrons. The summed E-state index contributed by atoms with van der Waals surface area (Å²) in [6.07, 6.45) is 0.981. The van der Waals surface area contributed by atoms with Crippen LogP contribution < -0.4 is 10.8 Å². The lowest BCUT2D eigenvalue weighted by atomic mass is 9.78. The summed E-state index contributed by atoms with van der Waals surface area (Å²) in [7, 11) is -0.430. The number of fused-ring (bicyclic) bond motifs is 1. The van der Waals surface area contributed by atoms with Crippen LogP contribution in [-0.4, -0.2) is 35.4 Å². The summed E-state index contributed by atoms with van der Waals surface area (Å²) in [6.45, 7) is 8.08. The van der Waals surface area contributed by atoms with Gasteiger partial charge in [0.1, 0.15) is 12.0 Å². The second kappa shape index (κ2) is 5.76. The van der Waals surface area contributed by atoms with Crippen LogP contribution in [0.4, 0.5) is 10.2 Å². The Morgan fingerprint density at radius 1 is 1.19 bits per heavy atom. The van der Waals surface area contributed by atoms with Crippen molar-refractivity contribution in [3.63, 3.8) is 0 Å². The smallest absolute Gasteiger partial charge is 0.399 e. The van der Waals surface area contributed by atoms with Crippen LogP contribution in [0.25, 0.3) is 10.8 Å². The minimum Gasteiger partial charge on any atom is -0.399 e. The van der Waals surface area contributed by atoms with Crippen LogP contribution >= 0.6 is 0 Å². The number of rotatable bonds is 3. The first-order valence-corrected chi connectivity index (χ1v) is 8.87. The SMILES string of the molecule is CC1(C)OB(c2ccc3cc(NC(=O)[C@@H]4C[C@@H]4F)ncc3c2)OC1(C)C. The molecule has 1 aliphatic carbocycles. The first kappa shape index (κ1) is 17.4. The van der Waals surface area contributed by atoms with E-state index in [1.54, 1.807) is 12.3 Å². The van der Waals surface area contributed by atoms with Gasteiger partial charge in [-0.1, -0.05) is 18.2 Å². The molecule has 1 aliphatic heterocycles. The predicted molar refractivity (Wildman–Crippen MR) is 99.1 cm³/mol. The molecule has 0 unspecified atom stereocenters. The van der Waals surface area contributed by atoms with Crippen LogP contribution in [0.15, 0.2) is 30.5 Å². The quantitative estimate of drug-likeness (QED) is 0.860. The molecule has 2 heterocycles. The zero-order valence-corrected chi connectivity index (χ0v) is 15.4. The molecule has 2 aromatic rings. The topological polar surface area (TPSA) is 60.5 Å². The highest BCUT2D eigenvalue weighted by Gasteiger charge is 2.51. The van der Waals surface area contributed by atoms with E-state index in [-0.39, 0.29) is 5.91 Å². The van der Waals surface area contributed by atoms with Crippen molar-refractivity contribution in [1.29, 1.82) is 0 Å². The Labute approximate surface area is 152 Å². The molecule has 1 aromatic heterocycles. The van der Waals surface area contributed by atoms with Crippen molar-refractivity contribution in [2.24, 2.45) is 5.92 Å². The third-order valence-electron chi connectivity index (χ3n) is 5.57. The number of nitrogens with zero attached hydrogens (tertiary/aromatic N) is 1. The van der Waals surface area contributed by atoms with Crippen LogP contribution in [0.1, 0.15) is 34.1 Å². The fraction of sp³-hybridized carbons (Fsp3) is 0.474. The Hall–Kier alpha value is -1.99. The first-order chi connectivity index (χ1) is 12.2. The molecule has 0 bridgehead atoms. The molecule has 1 aromatic carbocycles. The summed E-state index contributed by atoms with van der Waals surface area (Å²) in [5.74, 6) is -0.401. The Morgan fingerprint density at radius 3 is 2.46 bits per heavy atom. The van der Waals surface area contributed by atoms with Crippen LogP contribution in [-0.2, 0) is 14.1 Å². The number of hydrogen-bond donors (Lipinski definition) is 1. The highest BCUT2D eigenvalue weighted by molar-refractivity contribution is 6.62. The molecule has 7 heteroatoms. The van der Waals surface area contributed by atoms with Gasteiger partial charge in [-0.25, -0.2) is 9.37 Å². The molecule has 2 aliphatic rings. The number of amides is 1. The van der Waals surface area contributed by atoms with Crippen LogP contribution in [0.3, 0.4) is 0 Å². The summed E-state index contributed by atoms with van der Waals surface area (Å²) in [6, 6.07) is 7.67. The van der Waals surface area contributed by atoms with Gasteiger partial charge in [-0.2, -0.15) is 0 Å². The van der Waals surface area contributed by atoms with E-state index >= 15 is 0 Å². The molecule has 26 heavy (non-hydrogen) atoms. The van der Waals surface area contributed by atoms with Crippen LogP contribution in [0.2, 0.25) is 0 Å². The van der Waals surface area contributed by atoms with E-state index in [0.29, 0.717) is 12.2 Å². The van der Waals surface area contributed by atoms with Crippen molar-refractivity contribution in [1.82, 2.24) is 4.98 Å². The predicted octanol–water partition coefficient (Wildman–Crippen LogP) is 2.83. The highest BCUT2D eigenvalue weighted by Crippen LogP contribution is 2.37. The molecule has 4 rings (SSSR count). The molecule has 1 saturated heterocycles. The maximum absolute atomic E-state index is 13.0. The molecule has 1 saturated carbocycles. The zero-order valence-electron chi connectivity index (χ0n) is 15.4. The van der Waals surface area contributed by atoms with Gasteiger partial charge in [0.05, 0.1) is 17.1 Å². The van der Waals surface area contributed by atoms with Gasteiger partial charge >= 0.3 is 7.12 Å². The molecule has 2 fully saturated rings. The van der Waals surface area contributed by atoms with Gasteiger partial charge in [-0.3, -0.25) is 4.79 Å². The van der Waals surface area contributed by atoms with Gasteiger partial charge in [-0.05, 0) is 56.4 Å². The van der Waals surface area contributed by atoms with E-state index in [1.165, 1.54) is 0 Å². The largest absolute Gasteiger partial charge is 0.494 e. The molecule has 2 atom stereocenters. The van der Waals surface area contributed by atoms with Gasteiger partial charge in [0.15, 0.2) is 0 Å². The lowest BCUT2D eigenvalue weighted by molar-refractivity contribution is -0.117. The Balaban J connectivity index is 1.55. The number of anilines is 1. The number of hydrogen-bond acceptors (Lipinski definition) is 4. The van der Waals surface area contributed by atoms with Crippen molar-refractivity contribution < 1.29 is 18.5 Å². The highest BCUT2D eigenvalue weighted by atomic mass is 19.1. The maximum Gasteiger partial charge on any atom is 0.494 e. The van der Waals surface area contributed by atoms with Crippen molar-refractivity contribution in [3.05, 3.63) is 30.5 Å². The van der Waals surface area contributed by atoms with Crippen molar-refractivity contribution in [2.45, 2.75) is 51.5 Å². The fourth-order valence-electron chi connectivity index (χ4n) is 3.01. The second-order valence-electron chi connectivity index (χ2n) is 8.11. The molecule has 5 nitrogen and oxygen atoms in total. The third kappa shape index (κ3) is 2.99. The average molecular weight is 356 g/mol. The summed E-state index contributed by atoms with van der Waals surface area (Å²) < 4.78 is 25.1. The molecule has 1 amide bonds. The van der Waals surface area contributed by atoms with E-state index < -0.39 is 30.4 Å². The van der Waals surface area contributed by atoms with Gasteiger partial charge in [-0.15, -0.1) is 0 Å². The fourth-order valence-corrected chi connectivity index (χ4v) is 3.01. The van der Waals surface area contributed by atoms with E-state index in [2.05, 4.69) is 10.3 Å². The zero-order chi connectivity index (χ0) is 18.7. The van der Waals surface area contributed by atoms with E-state index in [0.717, 1.165) is 16.2 Å². The van der Waals surface area contributed by atoms with Gasteiger partial charge in [0, 0.05) is 6.20 Å². The molecular formula is C19H22BFN2O3. The van der Waals surface area contributed by atoms with Gasteiger partial charge in [0.2, 0.25) is 5.91 Å². The summed E-state index contributed by atoms with van der Waals surface area (Å²) in [4.78, 5) is 16.1. The van der Waals surface area contributed by atoms with Gasteiger partial charge < -0.3 is 14.6 Å². The lowest BCUT2D eigenvalue weighted by Gasteiger charge is -2.32. The number of benzene rings is 1. The van der Waals surface area contributed by atoms with E-state index in [9.17, 15) is 9.18 Å². The number of halogens is 1. The summed E-state index contributed by atoms with van der Waals surface area (Å²) in [5.41, 5.74) is 0.139. The summed E-state index contributed by atoms with van der Waals surface area (Å²) >= 11 is 0. The lowest BCUT2D eigenvalue weighted by Crippen LogP contribution is -2.41. The van der Waals surface area contributed by atoms with E-state index in [1.807, 2.05) is 45.9 Å². The van der Waals surface area contributed by atoms with Crippen LogP contribution in [0, 0.1) is 5.92 Å². The number of carbonyl (C=O) groups excluding carboxylic acids is 1. The standard InChI is InChI=1S/C19H22BFN2O3/c1-18(2)19(3,4)26-20(25-18)13-6-5-11-8-16(22-10-12(11)7-13)23-17(24)14-9-15(14)21/h5-8,10,14-15H,9H2,1-4H3,(H,22,23,24)/t14-,15+/m1/s1. The van der Waals surface area contributed by atoms with Crippen molar-refractivity contribution in [3.8, 4) is 0 Å². The molecule has 1 N–H and O–H groups in total. The third-order valence-corrected chi connectivity index (χ3v) is 5.57.